The molecule has 1 aromatic heterocycles. The van der Waals surface area contributed by atoms with E-state index in [1.165, 1.54) is 0 Å². The standard InChI is InChI=1S/C15H18N4OS/c1-10(2)19-9-8-17-14(15(19)20)18(3)12-6-4-11(5-7-12)13(16)21/h4-10H,1-3H3,(H2,16,21). The van der Waals surface area contributed by atoms with Crippen molar-refractivity contribution in [2.24, 2.45) is 5.73 Å². The van der Waals surface area contributed by atoms with Crippen LogP contribution < -0.4 is 16.2 Å². The van der Waals surface area contributed by atoms with Crippen molar-refractivity contribution >= 4 is 28.7 Å². The number of nitrogens with two attached hydrogens (primary N) is 1. The van der Waals surface area contributed by atoms with Gasteiger partial charge >= 0.3 is 0 Å². The summed E-state index contributed by atoms with van der Waals surface area (Å²) in [4.78, 5) is 18.7. The van der Waals surface area contributed by atoms with Gasteiger partial charge in [0.1, 0.15) is 4.99 Å². The van der Waals surface area contributed by atoms with E-state index in [1.54, 1.807) is 21.9 Å². The number of rotatable bonds is 4. The van der Waals surface area contributed by atoms with Gasteiger partial charge in [-0.05, 0) is 38.1 Å². The van der Waals surface area contributed by atoms with E-state index in [0.717, 1.165) is 11.3 Å². The number of thiocarbonyl (C=S) groups is 1. The van der Waals surface area contributed by atoms with E-state index in [0.29, 0.717) is 10.8 Å². The number of hydrogen-bond acceptors (Lipinski definition) is 4. The third kappa shape index (κ3) is 3.11. The first-order valence-corrected chi connectivity index (χ1v) is 7.03. The molecule has 0 aliphatic carbocycles. The summed E-state index contributed by atoms with van der Waals surface area (Å²) in [6.07, 6.45) is 3.33. The zero-order valence-electron chi connectivity index (χ0n) is 12.3. The second kappa shape index (κ2) is 6.05. The van der Waals surface area contributed by atoms with E-state index < -0.39 is 0 Å². The lowest BCUT2D eigenvalue weighted by Crippen LogP contribution is -2.28. The Hall–Kier alpha value is -2.21. The van der Waals surface area contributed by atoms with Crippen molar-refractivity contribution in [3.63, 3.8) is 0 Å². The van der Waals surface area contributed by atoms with Crippen LogP contribution >= 0.6 is 12.2 Å². The number of hydrogen-bond donors (Lipinski definition) is 1. The zero-order chi connectivity index (χ0) is 15.6. The van der Waals surface area contributed by atoms with Gasteiger partial charge in [-0.1, -0.05) is 12.2 Å². The number of nitrogens with zero attached hydrogens (tertiary/aromatic N) is 3. The van der Waals surface area contributed by atoms with Crippen molar-refractivity contribution in [1.29, 1.82) is 0 Å². The Labute approximate surface area is 129 Å². The van der Waals surface area contributed by atoms with Crippen molar-refractivity contribution in [2.45, 2.75) is 19.9 Å². The highest BCUT2D eigenvalue weighted by Gasteiger charge is 2.13. The molecule has 2 rings (SSSR count). The Kier molecular flexibility index (Phi) is 4.37. The molecule has 1 heterocycles. The lowest BCUT2D eigenvalue weighted by atomic mass is 10.2. The Morgan fingerprint density at radius 3 is 2.48 bits per heavy atom. The molecule has 5 nitrogen and oxygen atoms in total. The fourth-order valence-electron chi connectivity index (χ4n) is 2.02. The largest absolute Gasteiger partial charge is 0.389 e. The summed E-state index contributed by atoms with van der Waals surface area (Å²) in [5.41, 5.74) is 7.11. The molecule has 0 saturated heterocycles. The summed E-state index contributed by atoms with van der Waals surface area (Å²) in [7, 11) is 1.81. The molecule has 110 valence electrons. The Bertz CT molecular complexity index is 706. The summed E-state index contributed by atoms with van der Waals surface area (Å²) in [6.45, 7) is 3.92. The third-order valence-corrected chi connectivity index (χ3v) is 3.50. The summed E-state index contributed by atoms with van der Waals surface area (Å²) in [6, 6.07) is 7.48. The van der Waals surface area contributed by atoms with Crippen LogP contribution in [0.5, 0.6) is 0 Å². The van der Waals surface area contributed by atoms with Crippen LogP contribution in [0.3, 0.4) is 0 Å². The van der Waals surface area contributed by atoms with Gasteiger partial charge in [0.05, 0.1) is 0 Å². The van der Waals surface area contributed by atoms with Crippen LogP contribution in [0.4, 0.5) is 11.5 Å². The maximum absolute atomic E-state index is 12.4. The quantitative estimate of drug-likeness (QED) is 0.877. The minimum Gasteiger partial charge on any atom is -0.389 e. The molecule has 2 N–H and O–H groups in total. The van der Waals surface area contributed by atoms with Crippen molar-refractivity contribution in [3.05, 3.63) is 52.6 Å². The molecule has 0 spiro atoms. The van der Waals surface area contributed by atoms with Gasteiger partial charge in [-0.15, -0.1) is 0 Å². The first kappa shape index (κ1) is 15.2. The predicted octanol–water partition coefficient (Wildman–Crippen LogP) is 2.23. The Morgan fingerprint density at radius 2 is 1.95 bits per heavy atom. The van der Waals surface area contributed by atoms with Gasteiger partial charge < -0.3 is 15.2 Å². The fraction of sp³-hybridized carbons (Fsp3) is 0.267. The van der Waals surface area contributed by atoms with Crippen molar-refractivity contribution in [1.82, 2.24) is 9.55 Å². The van der Waals surface area contributed by atoms with Crippen LogP contribution in [0.25, 0.3) is 0 Å². The van der Waals surface area contributed by atoms with Gasteiger partial charge in [0.25, 0.3) is 5.56 Å². The molecule has 2 aromatic rings. The minimum absolute atomic E-state index is 0.0876. The molecule has 0 amide bonds. The molecule has 0 bridgehead atoms. The number of benzene rings is 1. The highest BCUT2D eigenvalue weighted by atomic mass is 32.1. The fourth-order valence-corrected chi connectivity index (χ4v) is 2.16. The average molecular weight is 302 g/mol. The highest BCUT2D eigenvalue weighted by Crippen LogP contribution is 2.19. The van der Waals surface area contributed by atoms with Gasteiger partial charge in [0.15, 0.2) is 5.82 Å². The zero-order valence-corrected chi connectivity index (χ0v) is 13.1. The molecule has 0 saturated carbocycles. The topological polar surface area (TPSA) is 64.2 Å². The Morgan fingerprint density at radius 1 is 1.33 bits per heavy atom. The molecular formula is C15H18N4OS. The van der Waals surface area contributed by atoms with Crippen molar-refractivity contribution < 1.29 is 0 Å². The highest BCUT2D eigenvalue weighted by molar-refractivity contribution is 7.80. The van der Waals surface area contributed by atoms with Crippen LogP contribution in [0.1, 0.15) is 25.5 Å². The molecule has 0 radical (unpaired) electrons. The summed E-state index contributed by atoms with van der Waals surface area (Å²) in [5, 5.41) is 0. The molecule has 0 unspecified atom stereocenters. The molecular weight excluding hydrogens is 284 g/mol. The molecule has 0 fully saturated rings. The molecule has 0 atom stereocenters. The van der Waals surface area contributed by atoms with Crippen LogP contribution in [-0.2, 0) is 0 Å². The van der Waals surface area contributed by atoms with Gasteiger partial charge in [-0.25, -0.2) is 4.98 Å². The van der Waals surface area contributed by atoms with Crippen LogP contribution in [0.2, 0.25) is 0 Å². The molecule has 0 aliphatic rings. The second-order valence-corrected chi connectivity index (χ2v) is 5.47. The van der Waals surface area contributed by atoms with E-state index in [2.05, 4.69) is 4.98 Å². The average Bonchev–Trinajstić information content (AvgIpc) is 2.46. The second-order valence-electron chi connectivity index (χ2n) is 5.03. The predicted molar refractivity (Wildman–Crippen MR) is 89.3 cm³/mol. The van der Waals surface area contributed by atoms with Gasteiger partial charge in [-0.2, -0.15) is 0 Å². The first-order chi connectivity index (χ1) is 9.91. The van der Waals surface area contributed by atoms with Crippen LogP contribution in [-0.4, -0.2) is 21.6 Å². The SMILES string of the molecule is CC(C)n1ccnc(N(C)c2ccc(C(N)=S)cc2)c1=O. The van der Waals surface area contributed by atoms with E-state index in [-0.39, 0.29) is 11.6 Å². The van der Waals surface area contributed by atoms with Gasteiger partial charge in [0.2, 0.25) is 0 Å². The van der Waals surface area contributed by atoms with Crippen molar-refractivity contribution in [2.75, 3.05) is 11.9 Å². The minimum atomic E-state index is -0.117. The lowest BCUT2D eigenvalue weighted by molar-refractivity contribution is 0.574. The van der Waals surface area contributed by atoms with Crippen LogP contribution in [0.15, 0.2) is 41.5 Å². The van der Waals surface area contributed by atoms with E-state index in [9.17, 15) is 4.79 Å². The smallest absolute Gasteiger partial charge is 0.294 e. The summed E-state index contributed by atoms with van der Waals surface area (Å²) >= 11 is 4.93. The van der Waals surface area contributed by atoms with E-state index in [4.69, 9.17) is 18.0 Å². The van der Waals surface area contributed by atoms with E-state index >= 15 is 0 Å². The summed E-state index contributed by atoms with van der Waals surface area (Å²) in [5.74, 6) is 0.384. The van der Waals surface area contributed by atoms with Gasteiger partial charge in [-0.3, -0.25) is 4.79 Å². The summed E-state index contributed by atoms with van der Waals surface area (Å²) < 4.78 is 1.65. The molecule has 0 aliphatic heterocycles. The normalized spacial score (nSPS) is 10.7. The molecule has 6 heteroatoms. The third-order valence-electron chi connectivity index (χ3n) is 3.26. The van der Waals surface area contributed by atoms with Gasteiger partial charge in [0, 0.05) is 36.7 Å². The first-order valence-electron chi connectivity index (χ1n) is 6.62. The Balaban J connectivity index is 2.40. The number of anilines is 2. The molecule has 21 heavy (non-hydrogen) atoms. The van der Waals surface area contributed by atoms with E-state index in [1.807, 2.05) is 45.2 Å². The molecule has 1 aromatic carbocycles. The number of aromatic nitrogens is 2. The van der Waals surface area contributed by atoms with Crippen LogP contribution in [0, 0.1) is 0 Å². The maximum Gasteiger partial charge on any atom is 0.294 e. The lowest BCUT2D eigenvalue weighted by Gasteiger charge is -2.19. The maximum atomic E-state index is 12.4. The monoisotopic (exact) mass is 302 g/mol. The van der Waals surface area contributed by atoms with Crippen molar-refractivity contribution in [3.8, 4) is 0 Å².